The van der Waals surface area contributed by atoms with Crippen molar-refractivity contribution in [3.63, 3.8) is 0 Å². The van der Waals surface area contributed by atoms with Crippen molar-refractivity contribution >= 4 is 12.0 Å². The van der Waals surface area contributed by atoms with Gasteiger partial charge in [0.05, 0.1) is 18.0 Å². The molecule has 176 valence electrons. The molecular weight excluding hydrogens is 428 g/mol. The van der Waals surface area contributed by atoms with E-state index in [1.54, 1.807) is 0 Å². The molecule has 1 aliphatic rings. The minimum Gasteiger partial charge on any atom is -0.489 e. The molecule has 2 amide bonds. The van der Waals surface area contributed by atoms with Gasteiger partial charge in [-0.2, -0.15) is 0 Å². The molecule has 6 heteroatoms. The van der Waals surface area contributed by atoms with E-state index in [-0.39, 0.29) is 17.9 Å². The van der Waals surface area contributed by atoms with Crippen molar-refractivity contribution in [2.75, 3.05) is 6.54 Å². The fourth-order valence-corrected chi connectivity index (χ4v) is 4.46. The third kappa shape index (κ3) is 5.57. The van der Waals surface area contributed by atoms with Crippen LogP contribution < -0.4 is 10.1 Å². The van der Waals surface area contributed by atoms with Gasteiger partial charge < -0.3 is 20.1 Å². The standard InChI is InChI=1S/C28H30N2O4/c1-20(22-11-6-3-7-12-22)27(31)29-26(25-13-8-18-30(25)28(32)33)23-14-16-24(17-15-23)34-19-21-9-4-2-5-10-21/h2-7,9-12,14-17,20,25-26H,8,13,18-19H2,1H3,(H,29,31)(H,32,33)/t20?,25?,26-/m0/s1. The summed E-state index contributed by atoms with van der Waals surface area (Å²) in [5.41, 5.74) is 2.86. The second kappa shape index (κ2) is 10.9. The number of hydrogen-bond acceptors (Lipinski definition) is 3. The first-order valence-corrected chi connectivity index (χ1v) is 11.6. The van der Waals surface area contributed by atoms with Crippen LogP contribution in [0.5, 0.6) is 5.75 Å². The Morgan fingerprint density at radius 1 is 0.971 bits per heavy atom. The van der Waals surface area contributed by atoms with E-state index in [9.17, 15) is 14.7 Å². The molecule has 3 atom stereocenters. The van der Waals surface area contributed by atoms with E-state index >= 15 is 0 Å². The molecule has 0 spiro atoms. The normalized spacial score (nSPS) is 17.1. The lowest BCUT2D eigenvalue weighted by Crippen LogP contribution is -2.46. The average molecular weight is 459 g/mol. The molecule has 3 aromatic rings. The van der Waals surface area contributed by atoms with Crippen molar-refractivity contribution in [1.82, 2.24) is 10.2 Å². The van der Waals surface area contributed by atoms with Crippen molar-refractivity contribution in [3.05, 3.63) is 102 Å². The molecule has 4 rings (SSSR count). The largest absolute Gasteiger partial charge is 0.489 e. The van der Waals surface area contributed by atoms with E-state index in [1.807, 2.05) is 91.9 Å². The number of hydrogen-bond donors (Lipinski definition) is 2. The van der Waals surface area contributed by atoms with Crippen LogP contribution in [0, 0.1) is 0 Å². The zero-order chi connectivity index (χ0) is 23.9. The summed E-state index contributed by atoms with van der Waals surface area (Å²) in [5, 5.41) is 12.9. The smallest absolute Gasteiger partial charge is 0.407 e. The van der Waals surface area contributed by atoms with Crippen LogP contribution in [0.2, 0.25) is 0 Å². The summed E-state index contributed by atoms with van der Waals surface area (Å²) >= 11 is 0. The van der Waals surface area contributed by atoms with Crippen LogP contribution in [0.1, 0.15) is 48.4 Å². The van der Waals surface area contributed by atoms with Gasteiger partial charge in [-0.25, -0.2) is 4.79 Å². The molecule has 1 saturated heterocycles. The molecule has 0 saturated carbocycles. The third-order valence-corrected chi connectivity index (χ3v) is 6.41. The summed E-state index contributed by atoms with van der Waals surface area (Å²) < 4.78 is 5.90. The zero-order valence-electron chi connectivity index (χ0n) is 19.3. The Balaban J connectivity index is 1.53. The fraction of sp³-hybridized carbons (Fsp3) is 0.286. The van der Waals surface area contributed by atoms with Crippen LogP contribution in [0.3, 0.4) is 0 Å². The first kappa shape index (κ1) is 23.4. The van der Waals surface area contributed by atoms with Crippen LogP contribution in [-0.2, 0) is 11.4 Å². The first-order valence-electron chi connectivity index (χ1n) is 11.6. The van der Waals surface area contributed by atoms with E-state index in [0.29, 0.717) is 19.6 Å². The predicted octanol–water partition coefficient (Wildman–Crippen LogP) is 5.37. The number of benzene rings is 3. The number of nitrogens with one attached hydrogen (secondary N) is 1. The Kier molecular flexibility index (Phi) is 7.48. The lowest BCUT2D eigenvalue weighted by atomic mass is 9.94. The van der Waals surface area contributed by atoms with E-state index in [4.69, 9.17) is 4.74 Å². The minimum atomic E-state index is -0.958. The lowest BCUT2D eigenvalue weighted by Gasteiger charge is -2.32. The molecule has 3 aromatic carbocycles. The SMILES string of the molecule is CC(C(=O)N[C@@H](c1ccc(OCc2ccccc2)cc1)C1CCCN1C(=O)O)c1ccccc1. The van der Waals surface area contributed by atoms with E-state index in [2.05, 4.69) is 5.32 Å². The number of carboxylic acid groups (broad SMARTS) is 1. The fourth-order valence-electron chi connectivity index (χ4n) is 4.46. The number of carbonyl (C=O) groups is 2. The minimum absolute atomic E-state index is 0.127. The van der Waals surface area contributed by atoms with Gasteiger partial charge in [0.15, 0.2) is 0 Å². The molecule has 6 nitrogen and oxygen atoms in total. The maximum Gasteiger partial charge on any atom is 0.407 e. The second-order valence-corrected chi connectivity index (χ2v) is 8.65. The van der Waals surface area contributed by atoms with Crippen molar-refractivity contribution < 1.29 is 19.4 Å². The molecule has 1 heterocycles. The number of nitrogens with zero attached hydrogens (tertiary/aromatic N) is 1. The van der Waals surface area contributed by atoms with Gasteiger partial charge in [0.2, 0.25) is 5.91 Å². The number of ether oxygens (including phenoxy) is 1. The quantitative estimate of drug-likeness (QED) is 0.476. The average Bonchev–Trinajstić information content (AvgIpc) is 3.37. The number of rotatable bonds is 8. The first-order chi connectivity index (χ1) is 16.5. The molecule has 2 N–H and O–H groups in total. The summed E-state index contributed by atoms with van der Waals surface area (Å²) in [4.78, 5) is 26.5. The van der Waals surface area contributed by atoms with Gasteiger partial charge in [0.25, 0.3) is 0 Å². The second-order valence-electron chi connectivity index (χ2n) is 8.65. The summed E-state index contributed by atoms with van der Waals surface area (Å²) in [6.45, 7) is 2.80. The van der Waals surface area contributed by atoms with Crippen molar-refractivity contribution in [3.8, 4) is 5.75 Å². The van der Waals surface area contributed by atoms with Crippen LogP contribution in [0.15, 0.2) is 84.9 Å². The molecule has 1 aliphatic heterocycles. The Bertz CT molecular complexity index is 1090. The Hall–Kier alpha value is -3.80. The highest BCUT2D eigenvalue weighted by molar-refractivity contribution is 5.83. The van der Waals surface area contributed by atoms with Gasteiger partial charge in [-0.1, -0.05) is 72.8 Å². The molecule has 0 aliphatic carbocycles. The lowest BCUT2D eigenvalue weighted by molar-refractivity contribution is -0.123. The maximum absolute atomic E-state index is 13.2. The maximum atomic E-state index is 13.2. The van der Waals surface area contributed by atoms with Gasteiger partial charge in [0.1, 0.15) is 12.4 Å². The summed E-state index contributed by atoms with van der Waals surface area (Å²) in [6, 6.07) is 26.3. The van der Waals surface area contributed by atoms with Crippen LogP contribution in [-0.4, -0.2) is 34.6 Å². The van der Waals surface area contributed by atoms with E-state index < -0.39 is 12.1 Å². The highest BCUT2D eigenvalue weighted by Crippen LogP contribution is 2.31. The molecule has 0 aromatic heterocycles. The summed E-state index contributed by atoms with van der Waals surface area (Å²) in [5.74, 6) is 0.242. The summed E-state index contributed by atoms with van der Waals surface area (Å²) in [7, 11) is 0. The molecular formula is C28H30N2O4. The molecule has 34 heavy (non-hydrogen) atoms. The number of amides is 2. The molecule has 2 unspecified atom stereocenters. The van der Waals surface area contributed by atoms with E-state index in [0.717, 1.165) is 28.9 Å². The topological polar surface area (TPSA) is 78.9 Å². The third-order valence-electron chi connectivity index (χ3n) is 6.41. The monoisotopic (exact) mass is 458 g/mol. The van der Waals surface area contributed by atoms with Crippen molar-refractivity contribution in [1.29, 1.82) is 0 Å². The van der Waals surface area contributed by atoms with Crippen molar-refractivity contribution in [2.24, 2.45) is 0 Å². The Labute approximate surface area is 200 Å². The van der Waals surface area contributed by atoms with Gasteiger partial charge in [-0.3, -0.25) is 4.79 Å². The van der Waals surface area contributed by atoms with Crippen LogP contribution in [0.4, 0.5) is 4.79 Å². The van der Waals surface area contributed by atoms with E-state index in [1.165, 1.54) is 4.90 Å². The van der Waals surface area contributed by atoms with Gasteiger partial charge in [-0.15, -0.1) is 0 Å². The zero-order valence-corrected chi connectivity index (χ0v) is 19.3. The van der Waals surface area contributed by atoms with Crippen LogP contribution >= 0.6 is 0 Å². The highest BCUT2D eigenvalue weighted by atomic mass is 16.5. The Morgan fingerprint density at radius 2 is 1.62 bits per heavy atom. The van der Waals surface area contributed by atoms with Gasteiger partial charge >= 0.3 is 6.09 Å². The number of likely N-dealkylation sites (tertiary alicyclic amines) is 1. The van der Waals surface area contributed by atoms with Gasteiger partial charge in [-0.05, 0) is 48.6 Å². The van der Waals surface area contributed by atoms with Crippen LogP contribution in [0.25, 0.3) is 0 Å². The number of carbonyl (C=O) groups excluding carboxylic acids is 1. The summed E-state index contributed by atoms with van der Waals surface area (Å²) in [6.07, 6.45) is 0.514. The Morgan fingerprint density at radius 3 is 2.26 bits per heavy atom. The molecule has 0 radical (unpaired) electrons. The highest BCUT2D eigenvalue weighted by Gasteiger charge is 2.37. The molecule has 1 fully saturated rings. The predicted molar refractivity (Wildman–Crippen MR) is 131 cm³/mol. The molecule has 0 bridgehead atoms. The van der Waals surface area contributed by atoms with Gasteiger partial charge in [0, 0.05) is 6.54 Å². The van der Waals surface area contributed by atoms with Crippen molar-refractivity contribution in [2.45, 2.75) is 44.4 Å².